The molecule has 0 radical (unpaired) electrons. The Morgan fingerprint density at radius 3 is 2.62 bits per heavy atom. The molecule has 2 aromatic rings. The van der Waals surface area contributed by atoms with Crippen LogP contribution in [0.3, 0.4) is 0 Å². The molecule has 1 unspecified atom stereocenters. The zero-order chi connectivity index (χ0) is 21.0. The fraction of sp³-hybridized carbons (Fsp3) is 0.412. The third-order valence-corrected chi connectivity index (χ3v) is 7.16. The fourth-order valence-corrected chi connectivity index (χ4v) is 5.39. The van der Waals surface area contributed by atoms with Crippen LogP contribution in [0.5, 0.6) is 0 Å². The number of hydrogen-bond donors (Lipinski definition) is 2. The summed E-state index contributed by atoms with van der Waals surface area (Å²) < 4.78 is 37.8. The maximum absolute atomic E-state index is 12.8. The fourth-order valence-electron chi connectivity index (χ4n) is 2.90. The van der Waals surface area contributed by atoms with Crippen LogP contribution in [0.1, 0.15) is 18.2 Å². The van der Waals surface area contributed by atoms with Gasteiger partial charge in [0, 0.05) is 18.7 Å². The Bertz CT molecular complexity index is 1010. The lowest BCUT2D eigenvalue weighted by molar-refractivity contribution is -0.122. The van der Waals surface area contributed by atoms with E-state index in [0.717, 1.165) is 11.8 Å². The van der Waals surface area contributed by atoms with E-state index >= 15 is 0 Å². The maximum atomic E-state index is 12.8. The molecule has 1 fully saturated rings. The number of rotatable bonds is 7. The van der Waals surface area contributed by atoms with E-state index in [-0.39, 0.29) is 35.6 Å². The van der Waals surface area contributed by atoms with Crippen molar-refractivity contribution in [3.63, 3.8) is 0 Å². The molecule has 0 saturated carbocycles. The number of sulfone groups is 1. The molecule has 0 spiro atoms. The van der Waals surface area contributed by atoms with E-state index < -0.39 is 21.6 Å². The number of thioether (sulfide) groups is 1. The van der Waals surface area contributed by atoms with Crippen molar-refractivity contribution in [1.82, 2.24) is 20.1 Å². The van der Waals surface area contributed by atoms with Crippen molar-refractivity contribution in [1.29, 1.82) is 0 Å². The first kappa shape index (κ1) is 21.2. The first-order valence-electron chi connectivity index (χ1n) is 8.78. The Morgan fingerprint density at radius 2 is 1.97 bits per heavy atom. The van der Waals surface area contributed by atoms with Gasteiger partial charge >= 0.3 is 0 Å². The molecule has 1 aromatic carbocycles. The largest absolute Gasteiger partial charge is 0.346 e. The second-order valence-corrected chi connectivity index (χ2v) is 9.79. The second kappa shape index (κ2) is 8.91. The number of anilines is 1. The van der Waals surface area contributed by atoms with Gasteiger partial charge in [-0.3, -0.25) is 9.59 Å². The standard InChI is InChI=1S/C17H20FN5O4S2/c1-23-16(11-6-7-29(26,27)10-11)21-22-17(23)28-9-15(25)19-8-14(24)20-13-4-2-12(18)3-5-13/h2-5,11H,6-10H2,1H3,(H,19,25)(H,20,24). The van der Waals surface area contributed by atoms with Gasteiger partial charge in [0.2, 0.25) is 11.8 Å². The highest BCUT2D eigenvalue weighted by Gasteiger charge is 2.32. The molecule has 1 aliphatic heterocycles. The molecule has 3 rings (SSSR count). The predicted octanol–water partition coefficient (Wildman–Crippen LogP) is 0.703. The summed E-state index contributed by atoms with van der Waals surface area (Å²) in [5, 5.41) is 13.6. The number of benzene rings is 1. The van der Waals surface area contributed by atoms with Crippen molar-refractivity contribution in [2.75, 3.05) is 29.1 Å². The van der Waals surface area contributed by atoms with Gasteiger partial charge < -0.3 is 15.2 Å². The first-order chi connectivity index (χ1) is 13.7. The summed E-state index contributed by atoms with van der Waals surface area (Å²) in [5.41, 5.74) is 0.431. The SMILES string of the molecule is Cn1c(SCC(=O)NCC(=O)Nc2ccc(F)cc2)nnc1C1CCS(=O)(=O)C1. The van der Waals surface area contributed by atoms with Crippen molar-refractivity contribution >= 4 is 39.1 Å². The van der Waals surface area contributed by atoms with Crippen LogP contribution in [0.15, 0.2) is 29.4 Å². The van der Waals surface area contributed by atoms with E-state index in [1.165, 1.54) is 24.3 Å². The van der Waals surface area contributed by atoms with Crippen LogP contribution in [-0.4, -0.2) is 58.8 Å². The first-order valence-corrected chi connectivity index (χ1v) is 11.6. The number of aromatic nitrogens is 3. The molecule has 29 heavy (non-hydrogen) atoms. The summed E-state index contributed by atoms with van der Waals surface area (Å²) in [6.07, 6.45) is 0.516. The molecule has 12 heteroatoms. The zero-order valence-electron chi connectivity index (χ0n) is 15.6. The van der Waals surface area contributed by atoms with Crippen molar-refractivity contribution in [3.05, 3.63) is 35.9 Å². The quantitative estimate of drug-likeness (QED) is 0.607. The van der Waals surface area contributed by atoms with Gasteiger partial charge in [0.25, 0.3) is 0 Å². The summed E-state index contributed by atoms with van der Waals surface area (Å²) >= 11 is 1.15. The highest BCUT2D eigenvalue weighted by molar-refractivity contribution is 7.99. The molecule has 2 amide bonds. The van der Waals surface area contributed by atoms with E-state index in [1.54, 1.807) is 11.6 Å². The van der Waals surface area contributed by atoms with Gasteiger partial charge in [0.15, 0.2) is 15.0 Å². The van der Waals surface area contributed by atoms with Crippen molar-refractivity contribution < 1.29 is 22.4 Å². The molecule has 1 aliphatic rings. The Balaban J connectivity index is 1.45. The van der Waals surface area contributed by atoms with Crippen molar-refractivity contribution in [3.8, 4) is 0 Å². The van der Waals surface area contributed by atoms with Gasteiger partial charge in [-0.25, -0.2) is 12.8 Å². The van der Waals surface area contributed by atoms with Crippen LogP contribution in [-0.2, 0) is 26.5 Å². The highest BCUT2D eigenvalue weighted by Crippen LogP contribution is 2.29. The van der Waals surface area contributed by atoms with E-state index in [1.807, 2.05) is 0 Å². The predicted molar refractivity (Wildman–Crippen MR) is 106 cm³/mol. The normalized spacial score (nSPS) is 17.8. The minimum atomic E-state index is -3.03. The topological polar surface area (TPSA) is 123 Å². The minimum absolute atomic E-state index is 0.0266. The van der Waals surface area contributed by atoms with Gasteiger partial charge in [0.1, 0.15) is 11.6 Å². The number of amides is 2. The number of hydrogen-bond acceptors (Lipinski definition) is 7. The molecular formula is C17H20FN5O4S2. The maximum Gasteiger partial charge on any atom is 0.243 e. The van der Waals surface area contributed by atoms with E-state index in [2.05, 4.69) is 20.8 Å². The minimum Gasteiger partial charge on any atom is -0.346 e. The Kier molecular flexibility index (Phi) is 6.52. The van der Waals surface area contributed by atoms with Crippen LogP contribution >= 0.6 is 11.8 Å². The van der Waals surface area contributed by atoms with Gasteiger partial charge in [-0.05, 0) is 30.7 Å². The number of carbonyl (C=O) groups is 2. The van der Waals surface area contributed by atoms with Crippen molar-refractivity contribution in [2.24, 2.45) is 7.05 Å². The van der Waals surface area contributed by atoms with Crippen LogP contribution in [0.25, 0.3) is 0 Å². The van der Waals surface area contributed by atoms with Crippen LogP contribution < -0.4 is 10.6 Å². The Hall–Kier alpha value is -2.47. The molecule has 0 bridgehead atoms. The average molecular weight is 442 g/mol. The molecule has 2 N–H and O–H groups in total. The molecular weight excluding hydrogens is 421 g/mol. The number of carbonyl (C=O) groups excluding carboxylic acids is 2. The Labute approximate surface area is 171 Å². The monoisotopic (exact) mass is 441 g/mol. The van der Waals surface area contributed by atoms with Gasteiger partial charge in [-0.2, -0.15) is 0 Å². The van der Waals surface area contributed by atoms with Crippen LogP contribution in [0.4, 0.5) is 10.1 Å². The van der Waals surface area contributed by atoms with Crippen LogP contribution in [0.2, 0.25) is 0 Å². The molecule has 1 aromatic heterocycles. The number of nitrogens with zero attached hydrogens (tertiary/aromatic N) is 3. The number of halogens is 1. The zero-order valence-corrected chi connectivity index (χ0v) is 17.2. The average Bonchev–Trinajstić information content (AvgIpc) is 3.22. The van der Waals surface area contributed by atoms with E-state index in [4.69, 9.17) is 0 Å². The lowest BCUT2D eigenvalue weighted by atomic mass is 10.1. The summed E-state index contributed by atoms with van der Waals surface area (Å²) in [5.74, 6) is -0.560. The third-order valence-electron chi connectivity index (χ3n) is 4.37. The lowest BCUT2D eigenvalue weighted by Gasteiger charge is -2.08. The third kappa shape index (κ3) is 5.76. The highest BCUT2D eigenvalue weighted by atomic mass is 32.2. The van der Waals surface area contributed by atoms with E-state index in [9.17, 15) is 22.4 Å². The summed E-state index contributed by atoms with van der Waals surface area (Å²) in [6, 6.07) is 5.29. The smallest absolute Gasteiger partial charge is 0.243 e. The molecule has 156 valence electrons. The van der Waals surface area contributed by atoms with E-state index in [0.29, 0.717) is 23.1 Å². The number of nitrogens with one attached hydrogen (secondary N) is 2. The van der Waals surface area contributed by atoms with Gasteiger partial charge in [-0.15, -0.1) is 10.2 Å². The second-order valence-electron chi connectivity index (χ2n) is 6.62. The van der Waals surface area contributed by atoms with Gasteiger partial charge in [0.05, 0.1) is 23.8 Å². The lowest BCUT2D eigenvalue weighted by Crippen LogP contribution is -2.33. The molecule has 1 atom stereocenters. The molecule has 1 saturated heterocycles. The molecule has 2 heterocycles. The molecule has 0 aliphatic carbocycles. The Morgan fingerprint density at radius 1 is 1.24 bits per heavy atom. The van der Waals surface area contributed by atoms with Gasteiger partial charge in [-0.1, -0.05) is 11.8 Å². The summed E-state index contributed by atoms with van der Waals surface area (Å²) in [4.78, 5) is 23.8. The van der Waals surface area contributed by atoms with Crippen LogP contribution in [0, 0.1) is 5.82 Å². The van der Waals surface area contributed by atoms with Crippen molar-refractivity contribution in [2.45, 2.75) is 17.5 Å². The summed E-state index contributed by atoms with van der Waals surface area (Å²) in [7, 11) is -1.29. The summed E-state index contributed by atoms with van der Waals surface area (Å²) in [6.45, 7) is -0.221. The molecule has 9 nitrogen and oxygen atoms in total.